The van der Waals surface area contributed by atoms with Crippen LogP contribution in [0, 0.1) is 0 Å². The third kappa shape index (κ3) is 2.89. The number of carbonyl (C=O) groups is 1. The van der Waals surface area contributed by atoms with E-state index in [-0.39, 0.29) is 12.1 Å². The first-order chi connectivity index (χ1) is 11.7. The second-order valence-electron chi connectivity index (χ2n) is 5.77. The van der Waals surface area contributed by atoms with Crippen molar-refractivity contribution in [3.05, 3.63) is 53.6 Å². The van der Waals surface area contributed by atoms with Crippen LogP contribution in [-0.4, -0.2) is 31.6 Å². The minimum Gasteiger partial charge on any atom is -0.493 e. The first kappa shape index (κ1) is 16.2. The summed E-state index contributed by atoms with van der Waals surface area (Å²) < 4.78 is 11.1. The molecule has 0 aliphatic carbocycles. The zero-order valence-corrected chi connectivity index (χ0v) is 14.2. The van der Waals surface area contributed by atoms with Crippen LogP contribution >= 0.6 is 0 Å². The minimum atomic E-state index is -0.248. The van der Waals surface area contributed by atoms with Crippen LogP contribution in [0.3, 0.4) is 0 Å². The number of hydrogen-bond acceptors (Lipinski definition) is 4. The second-order valence-corrected chi connectivity index (χ2v) is 5.77. The maximum atomic E-state index is 12.6. The van der Waals surface area contributed by atoms with E-state index in [9.17, 15) is 4.79 Å². The van der Waals surface area contributed by atoms with Crippen molar-refractivity contribution in [2.45, 2.75) is 19.5 Å². The standard InChI is InChI=1S/C19H22N2O3/c1-4-11-24-17-12-13(9-10-16(17)23-3)18-20-15-8-6-5-7-14(15)19(22)21(18)2/h5-10,12,18,20H,4,11H2,1-3H3. The topological polar surface area (TPSA) is 50.8 Å². The zero-order chi connectivity index (χ0) is 17.1. The van der Waals surface area contributed by atoms with Crippen LogP contribution in [0.4, 0.5) is 5.69 Å². The van der Waals surface area contributed by atoms with Gasteiger partial charge in [0.1, 0.15) is 6.17 Å². The van der Waals surface area contributed by atoms with Crippen molar-refractivity contribution in [2.75, 3.05) is 26.1 Å². The number of nitrogens with one attached hydrogen (secondary N) is 1. The first-order valence-corrected chi connectivity index (χ1v) is 8.09. The lowest BCUT2D eigenvalue weighted by atomic mass is 10.0. The molecule has 2 aromatic rings. The molecule has 24 heavy (non-hydrogen) atoms. The Morgan fingerprint density at radius 1 is 1.17 bits per heavy atom. The van der Waals surface area contributed by atoms with Gasteiger partial charge in [0.05, 0.1) is 19.3 Å². The fourth-order valence-corrected chi connectivity index (χ4v) is 2.84. The number of para-hydroxylation sites is 1. The normalized spacial score (nSPS) is 16.4. The minimum absolute atomic E-state index is 0.00111. The van der Waals surface area contributed by atoms with E-state index < -0.39 is 0 Å². The molecule has 0 bridgehead atoms. The van der Waals surface area contributed by atoms with Gasteiger partial charge in [-0.15, -0.1) is 0 Å². The van der Waals surface area contributed by atoms with Gasteiger partial charge >= 0.3 is 0 Å². The number of anilines is 1. The Bertz CT molecular complexity index is 745. The summed E-state index contributed by atoms with van der Waals surface area (Å²) in [6.45, 7) is 2.68. The van der Waals surface area contributed by atoms with E-state index in [4.69, 9.17) is 9.47 Å². The molecule has 1 aliphatic heterocycles. The largest absolute Gasteiger partial charge is 0.493 e. The Hall–Kier alpha value is -2.69. The molecule has 0 spiro atoms. The molecule has 0 fully saturated rings. The Morgan fingerprint density at radius 2 is 1.96 bits per heavy atom. The van der Waals surface area contributed by atoms with Gasteiger partial charge in [-0.05, 0) is 36.2 Å². The van der Waals surface area contributed by atoms with Gasteiger partial charge < -0.3 is 19.7 Å². The van der Waals surface area contributed by atoms with Crippen molar-refractivity contribution < 1.29 is 14.3 Å². The van der Waals surface area contributed by atoms with E-state index in [1.165, 1.54) is 0 Å². The summed E-state index contributed by atoms with van der Waals surface area (Å²) >= 11 is 0. The van der Waals surface area contributed by atoms with Crippen molar-refractivity contribution >= 4 is 11.6 Å². The van der Waals surface area contributed by atoms with E-state index in [2.05, 4.69) is 12.2 Å². The number of amides is 1. The number of fused-ring (bicyclic) bond motifs is 1. The number of benzene rings is 2. The zero-order valence-electron chi connectivity index (χ0n) is 14.2. The van der Waals surface area contributed by atoms with Gasteiger partial charge in [-0.3, -0.25) is 4.79 Å². The monoisotopic (exact) mass is 326 g/mol. The van der Waals surface area contributed by atoms with E-state index in [0.29, 0.717) is 23.7 Å². The molecule has 1 aliphatic rings. The molecule has 126 valence electrons. The highest BCUT2D eigenvalue weighted by molar-refractivity contribution is 6.01. The number of hydrogen-bond donors (Lipinski definition) is 1. The van der Waals surface area contributed by atoms with Crippen molar-refractivity contribution in [3.63, 3.8) is 0 Å². The van der Waals surface area contributed by atoms with Crippen LogP contribution in [0.15, 0.2) is 42.5 Å². The molecule has 2 aromatic carbocycles. The average Bonchev–Trinajstić information content (AvgIpc) is 2.62. The SMILES string of the molecule is CCCOc1cc(C2Nc3ccccc3C(=O)N2C)ccc1OC. The molecule has 5 heteroatoms. The molecule has 1 heterocycles. The van der Waals surface area contributed by atoms with Crippen molar-refractivity contribution in [2.24, 2.45) is 0 Å². The highest BCUT2D eigenvalue weighted by Crippen LogP contribution is 2.36. The van der Waals surface area contributed by atoms with E-state index in [0.717, 1.165) is 17.7 Å². The quantitative estimate of drug-likeness (QED) is 0.910. The summed E-state index contributed by atoms with van der Waals surface area (Å²) in [6, 6.07) is 13.3. The Labute approximate surface area is 142 Å². The molecule has 0 saturated carbocycles. The first-order valence-electron chi connectivity index (χ1n) is 8.09. The van der Waals surface area contributed by atoms with Crippen molar-refractivity contribution in [1.82, 2.24) is 4.90 Å². The molecular weight excluding hydrogens is 304 g/mol. The van der Waals surface area contributed by atoms with Crippen molar-refractivity contribution in [1.29, 1.82) is 0 Å². The van der Waals surface area contributed by atoms with Gasteiger partial charge in [0.15, 0.2) is 11.5 Å². The molecule has 1 amide bonds. The van der Waals surface area contributed by atoms with Gasteiger partial charge in [0, 0.05) is 12.7 Å². The summed E-state index contributed by atoms with van der Waals surface area (Å²) in [6.07, 6.45) is 0.670. The predicted octanol–water partition coefficient (Wildman–Crippen LogP) is 3.68. The van der Waals surface area contributed by atoms with E-state index in [1.54, 1.807) is 19.1 Å². The van der Waals surface area contributed by atoms with Gasteiger partial charge in [0.25, 0.3) is 5.91 Å². The summed E-state index contributed by atoms with van der Waals surface area (Å²) in [7, 11) is 3.42. The van der Waals surface area contributed by atoms with Crippen LogP contribution in [0.5, 0.6) is 11.5 Å². The van der Waals surface area contributed by atoms with Crippen LogP contribution < -0.4 is 14.8 Å². The average molecular weight is 326 g/mol. The number of nitrogens with zero attached hydrogens (tertiary/aromatic N) is 1. The van der Waals surface area contributed by atoms with E-state index in [1.807, 2.05) is 42.5 Å². The van der Waals surface area contributed by atoms with E-state index >= 15 is 0 Å². The molecule has 3 rings (SSSR count). The maximum Gasteiger partial charge on any atom is 0.257 e. The summed E-state index contributed by atoms with van der Waals surface area (Å²) in [5.41, 5.74) is 2.48. The van der Waals surface area contributed by atoms with Gasteiger partial charge in [-0.2, -0.15) is 0 Å². The van der Waals surface area contributed by atoms with Gasteiger partial charge in [0.2, 0.25) is 0 Å². The number of ether oxygens (including phenoxy) is 2. The highest BCUT2D eigenvalue weighted by Gasteiger charge is 2.30. The fraction of sp³-hybridized carbons (Fsp3) is 0.316. The summed E-state index contributed by atoms with van der Waals surface area (Å²) in [5.74, 6) is 1.39. The molecular formula is C19H22N2O3. The molecule has 0 aromatic heterocycles. The molecule has 0 radical (unpaired) electrons. The van der Waals surface area contributed by atoms with Crippen LogP contribution in [0.2, 0.25) is 0 Å². The summed E-state index contributed by atoms with van der Waals surface area (Å²) in [4.78, 5) is 14.3. The lowest BCUT2D eigenvalue weighted by Gasteiger charge is -2.35. The Kier molecular flexibility index (Phi) is 4.60. The summed E-state index contributed by atoms with van der Waals surface area (Å²) in [5, 5.41) is 3.42. The molecule has 1 N–H and O–H groups in total. The van der Waals surface area contributed by atoms with Crippen LogP contribution in [0.25, 0.3) is 0 Å². The third-order valence-corrected chi connectivity index (χ3v) is 4.12. The van der Waals surface area contributed by atoms with Crippen LogP contribution in [0.1, 0.15) is 35.4 Å². The molecule has 1 atom stereocenters. The Balaban J connectivity index is 1.95. The highest BCUT2D eigenvalue weighted by atomic mass is 16.5. The fourth-order valence-electron chi connectivity index (χ4n) is 2.84. The number of rotatable bonds is 5. The lowest BCUT2D eigenvalue weighted by Crippen LogP contribution is -2.40. The number of carbonyl (C=O) groups excluding carboxylic acids is 1. The number of methoxy groups -OCH3 is 1. The third-order valence-electron chi connectivity index (χ3n) is 4.12. The lowest BCUT2D eigenvalue weighted by molar-refractivity contribution is 0.0735. The Morgan fingerprint density at radius 3 is 2.71 bits per heavy atom. The molecule has 5 nitrogen and oxygen atoms in total. The van der Waals surface area contributed by atoms with Gasteiger partial charge in [-0.1, -0.05) is 25.1 Å². The van der Waals surface area contributed by atoms with Gasteiger partial charge in [-0.25, -0.2) is 0 Å². The molecule has 0 saturated heterocycles. The molecule has 1 unspecified atom stereocenters. The van der Waals surface area contributed by atoms with Crippen molar-refractivity contribution in [3.8, 4) is 11.5 Å². The second kappa shape index (κ2) is 6.83. The predicted molar refractivity (Wildman–Crippen MR) is 93.7 cm³/mol. The van der Waals surface area contributed by atoms with Crippen LogP contribution in [-0.2, 0) is 0 Å². The maximum absolute atomic E-state index is 12.6. The smallest absolute Gasteiger partial charge is 0.257 e.